The second-order valence-electron chi connectivity index (χ2n) is 16.0. The van der Waals surface area contributed by atoms with Crippen molar-refractivity contribution in [2.75, 3.05) is 39.5 Å². The van der Waals surface area contributed by atoms with Gasteiger partial charge in [-0.15, -0.1) is 6.58 Å². The monoisotopic (exact) mass is 821 g/mol. The summed E-state index contributed by atoms with van der Waals surface area (Å²) in [4.78, 5) is 31.5. The van der Waals surface area contributed by atoms with Gasteiger partial charge in [0.15, 0.2) is 18.4 Å². The number of guanidine groups is 1. The Morgan fingerprint density at radius 2 is 1.90 bits per heavy atom. The van der Waals surface area contributed by atoms with Gasteiger partial charge in [-0.3, -0.25) is 4.99 Å². The maximum Gasteiger partial charge on any atom is 0.343 e. The summed E-state index contributed by atoms with van der Waals surface area (Å²) in [6, 6.07) is 0. The standard InChI is InChI=1S/C40H60N4O14/c1-4-26-27(9-8-24-19-44(15-17-46)20-28(34(49)50)31(24)43-38(41)42-14-7-16-45)29(35(51)56-25-10-13-39(18-25)11-5-6-12-39)22-54-36(26)58-37-33(55-23(2)3)40(52,53)32(48)30(21-47)57-37/h4,8-9,20,22-23,25-27,30,32-33,36-37,45-48,52-53H,1,5-7,10-19,21H2,2-3H3,(H,49,50)(H3,41,42,43)/p+1. The van der Waals surface area contributed by atoms with Gasteiger partial charge in [-0.05, 0) is 57.8 Å². The first-order valence-corrected chi connectivity index (χ1v) is 20.1. The molecule has 18 nitrogen and oxygen atoms in total. The van der Waals surface area contributed by atoms with Crippen LogP contribution in [0.15, 0.2) is 64.7 Å². The van der Waals surface area contributed by atoms with Gasteiger partial charge < -0.3 is 75.4 Å². The average molecular weight is 822 g/mol. The summed E-state index contributed by atoms with van der Waals surface area (Å²) >= 11 is 0. The minimum atomic E-state index is -2.92. The lowest BCUT2D eigenvalue weighted by Gasteiger charge is -2.48. The van der Waals surface area contributed by atoms with E-state index in [1.807, 2.05) is 0 Å². The van der Waals surface area contributed by atoms with Crippen LogP contribution in [0.2, 0.25) is 0 Å². The van der Waals surface area contributed by atoms with Crippen LogP contribution in [-0.4, -0.2) is 142 Å². The number of carboxylic acid groups (broad SMARTS) is 1. The summed E-state index contributed by atoms with van der Waals surface area (Å²) in [7, 11) is 0. The lowest BCUT2D eigenvalue weighted by Crippen LogP contribution is -3.09. The number of rotatable bonds is 17. The molecule has 324 valence electrons. The molecule has 0 bridgehead atoms. The Morgan fingerprint density at radius 3 is 2.53 bits per heavy atom. The molecule has 0 radical (unpaired) electrons. The number of ether oxygens (including phenoxy) is 5. The number of nitrogens with two attached hydrogens (primary N) is 1. The molecular weight excluding hydrogens is 760 g/mol. The van der Waals surface area contributed by atoms with Crippen LogP contribution in [0.4, 0.5) is 0 Å². The zero-order valence-electron chi connectivity index (χ0n) is 33.2. The maximum atomic E-state index is 14.1. The van der Waals surface area contributed by atoms with Crippen molar-refractivity contribution in [3.63, 3.8) is 0 Å². The van der Waals surface area contributed by atoms with Crippen molar-refractivity contribution in [3.05, 3.63) is 59.7 Å². The van der Waals surface area contributed by atoms with Gasteiger partial charge in [0.2, 0.25) is 12.1 Å². The summed E-state index contributed by atoms with van der Waals surface area (Å²) in [5.41, 5.74) is 6.87. The molecule has 11 N–H and O–H groups in total. The van der Waals surface area contributed by atoms with Crippen LogP contribution in [0.1, 0.15) is 65.2 Å². The Morgan fingerprint density at radius 1 is 1.16 bits per heavy atom. The molecule has 2 saturated carbocycles. The lowest BCUT2D eigenvalue weighted by atomic mass is 9.83. The fourth-order valence-electron chi connectivity index (χ4n) is 8.59. The maximum absolute atomic E-state index is 14.1. The second-order valence-corrected chi connectivity index (χ2v) is 16.0. The van der Waals surface area contributed by atoms with E-state index in [1.165, 1.54) is 18.5 Å². The number of aliphatic carboxylic acids is 1. The Bertz CT molecular complexity index is 1620. The van der Waals surface area contributed by atoms with Crippen LogP contribution in [0.25, 0.3) is 0 Å². The quantitative estimate of drug-likeness (QED) is 0.0207. The number of carbonyl (C=O) groups is 2. The molecule has 0 amide bonds. The summed E-state index contributed by atoms with van der Waals surface area (Å²) in [6.07, 6.45) is 5.82. The Kier molecular flexibility index (Phi) is 15.7. The summed E-state index contributed by atoms with van der Waals surface area (Å²) < 4.78 is 29.9. The Labute approximate surface area is 337 Å². The zero-order chi connectivity index (χ0) is 42.2. The number of nitrogens with zero attached hydrogens (tertiary/aromatic N) is 1. The normalized spacial score (nSPS) is 32.3. The third-order valence-electron chi connectivity index (χ3n) is 11.5. The van der Waals surface area contributed by atoms with E-state index in [0.717, 1.165) is 44.9 Å². The summed E-state index contributed by atoms with van der Waals surface area (Å²) in [5, 5.41) is 74.7. The van der Waals surface area contributed by atoms with E-state index in [9.17, 15) is 45.3 Å². The number of carbonyl (C=O) groups excluding carboxylic acids is 1. The number of allylic oxidation sites excluding steroid dienone is 1. The van der Waals surface area contributed by atoms with E-state index >= 15 is 0 Å². The van der Waals surface area contributed by atoms with Crippen LogP contribution < -0.4 is 16.0 Å². The fourth-order valence-corrected chi connectivity index (χ4v) is 8.59. The van der Waals surface area contributed by atoms with E-state index in [-0.39, 0.29) is 67.2 Å². The molecule has 1 spiro atoms. The van der Waals surface area contributed by atoms with E-state index in [1.54, 1.807) is 26.0 Å². The van der Waals surface area contributed by atoms with Crippen LogP contribution >= 0.6 is 0 Å². The van der Waals surface area contributed by atoms with E-state index in [2.05, 4.69) is 16.9 Å². The Hall–Kier alpha value is -3.69. The van der Waals surface area contributed by atoms with Crippen LogP contribution in [0, 0.1) is 17.3 Å². The molecule has 9 unspecified atom stereocenters. The molecule has 0 aromatic heterocycles. The number of hydrogen-bond acceptors (Lipinski definition) is 14. The van der Waals surface area contributed by atoms with Gasteiger partial charge in [-0.2, -0.15) is 0 Å². The highest BCUT2D eigenvalue weighted by Gasteiger charge is 2.57. The second kappa shape index (κ2) is 20.0. The minimum Gasteiger partial charge on any atom is -0.477 e. The Balaban J connectivity index is 1.53. The largest absolute Gasteiger partial charge is 0.477 e. The summed E-state index contributed by atoms with van der Waals surface area (Å²) in [6.45, 7) is 6.70. The molecule has 3 aliphatic heterocycles. The predicted octanol–water partition coefficient (Wildman–Crippen LogP) is -1.17. The molecule has 18 heteroatoms. The highest BCUT2D eigenvalue weighted by atomic mass is 16.8. The number of aliphatic imine (C=N–C) groups is 1. The zero-order valence-corrected chi connectivity index (χ0v) is 33.2. The van der Waals surface area contributed by atoms with Gasteiger partial charge in [-0.25, -0.2) is 9.59 Å². The first kappa shape index (κ1) is 45.4. The summed E-state index contributed by atoms with van der Waals surface area (Å²) in [5.74, 6) is -6.69. The third kappa shape index (κ3) is 10.5. The van der Waals surface area contributed by atoms with E-state index < -0.39 is 73.2 Å². The first-order valence-electron chi connectivity index (χ1n) is 20.1. The topological polar surface area (TPSA) is 277 Å². The van der Waals surface area contributed by atoms with Gasteiger partial charge in [0.25, 0.3) is 0 Å². The molecular formula is C40H61N4O14+. The van der Waals surface area contributed by atoms with Gasteiger partial charge in [0, 0.05) is 24.6 Å². The third-order valence-corrected chi connectivity index (χ3v) is 11.5. The van der Waals surface area contributed by atoms with Gasteiger partial charge in [0.05, 0.1) is 42.8 Å². The molecule has 5 rings (SSSR count). The van der Waals surface area contributed by atoms with Crippen molar-refractivity contribution in [2.24, 2.45) is 28.0 Å². The number of aliphatic hydroxyl groups is 6. The average Bonchev–Trinajstić information content (AvgIpc) is 3.82. The molecule has 3 heterocycles. The lowest BCUT2D eigenvalue weighted by molar-refractivity contribution is -0.843. The fraction of sp³-hybridized carbons (Fsp3) is 0.675. The number of carboxylic acids is 1. The van der Waals surface area contributed by atoms with E-state index in [4.69, 9.17) is 29.4 Å². The number of nitrogens with one attached hydrogen (secondary N) is 2. The molecule has 58 heavy (non-hydrogen) atoms. The molecule has 2 aliphatic carbocycles. The smallest absolute Gasteiger partial charge is 0.343 e. The van der Waals surface area contributed by atoms with E-state index in [0.29, 0.717) is 16.9 Å². The minimum absolute atomic E-state index is 0.0860. The molecule has 3 fully saturated rings. The number of quaternary nitrogens is 1. The number of aliphatic hydroxyl groups excluding tert-OH is 4. The first-order chi connectivity index (χ1) is 27.7. The van der Waals surface area contributed by atoms with Crippen LogP contribution in [0.3, 0.4) is 0 Å². The van der Waals surface area contributed by atoms with Crippen molar-refractivity contribution in [1.29, 1.82) is 0 Å². The highest BCUT2D eigenvalue weighted by molar-refractivity contribution is 5.94. The molecule has 0 aromatic carbocycles. The van der Waals surface area contributed by atoms with Gasteiger partial charge in [-0.1, -0.05) is 31.1 Å². The van der Waals surface area contributed by atoms with Crippen LogP contribution in [-0.2, 0) is 33.3 Å². The van der Waals surface area contributed by atoms with Gasteiger partial charge >= 0.3 is 11.9 Å². The van der Waals surface area contributed by atoms with Crippen molar-refractivity contribution in [3.8, 4) is 0 Å². The molecule has 0 aromatic rings. The van der Waals surface area contributed by atoms with Gasteiger partial charge in [0.1, 0.15) is 43.2 Å². The van der Waals surface area contributed by atoms with Crippen molar-refractivity contribution in [2.45, 2.75) is 114 Å². The van der Waals surface area contributed by atoms with Crippen LogP contribution in [0.5, 0.6) is 0 Å². The molecule has 9 atom stereocenters. The SMILES string of the molecule is C=CC1C(OC2OC(CO)C(O)C(O)(O)C2OC(C)C)OC=C(C(=O)OC2CCC3(CCCC3)C2)C1C=CC1=C(NC(N)=NCCCO)C(C(=O)O)=C[NH+](CCO)C1. The predicted molar refractivity (Wildman–Crippen MR) is 206 cm³/mol. The molecule has 5 aliphatic rings. The number of hydrogen-bond donors (Lipinski definition) is 10. The molecule has 1 saturated heterocycles. The number of esters is 1. The van der Waals surface area contributed by atoms with Crippen molar-refractivity contribution in [1.82, 2.24) is 5.32 Å². The highest BCUT2D eigenvalue weighted by Crippen LogP contribution is 2.51. The van der Waals surface area contributed by atoms with Crippen molar-refractivity contribution < 1.29 is 73.9 Å². The van der Waals surface area contributed by atoms with Crippen molar-refractivity contribution >= 4 is 17.9 Å².